The fraction of sp³-hybridized carbons (Fsp3) is 0.158. The van der Waals surface area contributed by atoms with E-state index in [2.05, 4.69) is 10.3 Å². The van der Waals surface area contributed by atoms with Crippen LogP contribution in [0.3, 0.4) is 0 Å². The van der Waals surface area contributed by atoms with Crippen molar-refractivity contribution < 1.29 is 13.2 Å². The number of rotatable bonds is 8. The molecule has 1 N–H and O–H groups in total. The molecule has 0 aliphatic heterocycles. The summed E-state index contributed by atoms with van der Waals surface area (Å²) in [7, 11) is -3.34. The number of nitrogens with one attached hydrogen (secondary N) is 1. The number of aromatic nitrogens is 1. The van der Waals surface area contributed by atoms with E-state index in [0.29, 0.717) is 27.8 Å². The van der Waals surface area contributed by atoms with Crippen molar-refractivity contribution in [3.63, 3.8) is 0 Å². The molecule has 0 unspecified atom stereocenters. The fourth-order valence-corrected chi connectivity index (χ4v) is 5.69. The predicted molar refractivity (Wildman–Crippen MR) is 109 cm³/mol. The van der Waals surface area contributed by atoms with Crippen molar-refractivity contribution in [3.8, 4) is 0 Å². The van der Waals surface area contributed by atoms with Crippen LogP contribution < -0.4 is 5.32 Å². The van der Waals surface area contributed by atoms with Crippen molar-refractivity contribution in [3.05, 3.63) is 76.7 Å². The van der Waals surface area contributed by atoms with E-state index >= 15 is 0 Å². The summed E-state index contributed by atoms with van der Waals surface area (Å²) in [6, 6.07) is 15.8. The molecular weight excluding hydrogens is 400 g/mol. The average Bonchev–Trinajstić information content (AvgIpc) is 3.21. The van der Waals surface area contributed by atoms with Crippen molar-refractivity contribution in [1.29, 1.82) is 0 Å². The summed E-state index contributed by atoms with van der Waals surface area (Å²) in [4.78, 5) is 18.7. The van der Waals surface area contributed by atoms with Gasteiger partial charge in [-0.3, -0.25) is 4.79 Å². The van der Waals surface area contributed by atoms with Gasteiger partial charge in [0.15, 0.2) is 9.84 Å². The molecule has 0 bridgehead atoms. The lowest BCUT2D eigenvalue weighted by atomic mass is 10.3. The zero-order valence-corrected chi connectivity index (χ0v) is 16.8. The molecule has 0 saturated heterocycles. The molecule has 0 atom stereocenters. The van der Waals surface area contributed by atoms with Crippen molar-refractivity contribution >= 4 is 38.8 Å². The summed E-state index contributed by atoms with van der Waals surface area (Å²) in [5.74, 6) is 0.0680. The van der Waals surface area contributed by atoms with Crippen LogP contribution in [0.15, 0.2) is 76.0 Å². The average molecular weight is 419 g/mol. The van der Waals surface area contributed by atoms with Crippen LogP contribution in [0.4, 0.5) is 0 Å². The van der Waals surface area contributed by atoms with Crippen LogP contribution in [0.5, 0.6) is 0 Å². The maximum absolute atomic E-state index is 12.4. The first kappa shape index (κ1) is 19.6. The molecule has 0 aliphatic rings. The van der Waals surface area contributed by atoms with Gasteiger partial charge in [-0.2, -0.15) is 0 Å². The number of carbonyl (C=O) groups is 1. The number of hydrogen-bond acceptors (Lipinski definition) is 6. The van der Waals surface area contributed by atoms with Gasteiger partial charge < -0.3 is 5.32 Å². The van der Waals surface area contributed by atoms with Crippen LogP contribution >= 0.6 is 23.1 Å². The first-order valence-corrected chi connectivity index (χ1v) is 11.7. The number of sulfone groups is 1. The summed E-state index contributed by atoms with van der Waals surface area (Å²) in [5.41, 5.74) is 0.316. The van der Waals surface area contributed by atoms with Gasteiger partial charge in [-0.15, -0.1) is 23.1 Å². The number of amides is 1. The Hall–Kier alpha value is -2.16. The summed E-state index contributed by atoms with van der Waals surface area (Å²) in [6.07, 6.45) is 1.56. The second kappa shape index (κ2) is 9.16. The molecule has 0 spiro atoms. The Labute approximate surface area is 166 Å². The van der Waals surface area contributed by atoms with Gasteiger partial charge >= 0.3 is 0 Å². The smallest absolute Gasteiger partial charge is 0.271 e. The zero-order valence-electron chi connectivity index (χ0n) is 14.4. The van der Waals surface area contributed by atoms with Gasteiger partial charge in [-0.05, 0) is 35.7 Å². The molecule has 5 nitrogen and oxygen atoms in total. The van der Waals surface area contributed by atoms with E-state index in [1.165, 1.54) is 11.8 Å². The molecule has 1 aromatic carbocycles. The third-order valence-electron chi connectivity index (χ3n) is 3.70. The van der Waals surface area contributed by atoms with Crippen LogP contribution in [0, 0.1) is 0 Å². The van der Waals surface area contributed by atoms with Crippen molar-refractivity contribution in [2.45, 2.75) is 16.3 Å². The van der Waals surface area contributed by atoms with Crippen LogP contribution in [-0.4, -0.2) is 30.8 Å². The van der Waals surface area contributed by atoms with E-state index in [1.807, 2.05) is 17.5 Å². The number of hydrogen-bond donors (Lipinski definition) is 1. The predicted octanol–water partition coefficient (Wildman–Crippen LogP) is 3.64. The highest BCUT2D eigenvalue weighted by atomic mass is 32.2. The second-order valence-corrected chi connectivity index (χ2v) is 9.87. The quantitative estimate of drug-likeness (QED) is 0.565. The number of pyridine rings is 1. The second-order valence-electron chi connectivity index (χ2n) is 5.59. The summed E-state index contributed by atoms with van der Waals surface area (Å²) < 4.78 is 24.7. The number of benzene rings is 1. The molecule has 2 aromatic heterocycles. The molecule has 0 saturated carbocycles. The minimum Gasteiger partial charge on any atom is -0.346 e. The van der Waals surface area contributed by atoms with Gasteiger partial charge in [-0.1, -0.05) is 24.3 Å². The van der Waals surface area contributed by atoms with Crippen LogP contribution in [0.1, 0.15) is 15.4 Å². The summed E-state index contributed by atoms with van der Waals surface area (Å²) >= 11 is 2.89. The molecule has 2 heterocycles. The monoisotopic (exact) mass is 418 g/mol. The van der Waals surface area contributed by atoms with Crippen LogP contribution in [-0.2, 0) is 16.4 Å². The number of nitrogens with zero attached hydrogens (tertiary/aromatic N) is 1. The first-order chi connectivity index (χ1) is 13.1. The molecule has 0 aliphatic carbocycles. The van der Waals surface area contributed by atoms with Crippen molar-refractivity contribution in [2.24, 2.45) is 0 Å². The molecule has 3 aromatic rings. The zero-order chi connectivity index (χ0) is 19.1. The number of thioether (sulfide) groups is 1. The molecule has 1 amide bonds. The molecule has 0 radical (unpaired) electrons. The Bertz CT molecular complexity index is 988. The van der Waals surface area contributed by atoms with Gasteiger partial charge in [0, 0.05) is 21.7 Å². The van der Waals surface area contributed by atoms with Crippen LogP contribution in [0.25, 0.3) is 0 Å². The summed E-state index contributed by atoms with van der Waals surface area (Å²) in [6.45, 7) is 0.444. The van der Waals surface area contributed by atoms with E-state index in [4.69, 9.17) is 0 Å². The Balaban J connectivity index is 1.61. The highest BCUT2D eigenvalue weighted by Gasteiger charge is 2.16. The van der Waals surface area contributed by atoms with Crippen LogP contribution in [0.2, 0.25) is 0 Å². The lowest BCUT2D eigenvalue weighted by Gasteiger charge is -2.09. The van der Waals surface area contributed by atoms with E-state index in [-0.39, 0.29) is 11.7 Å². The minimum atomic E-state index is -3.34. The number of thiophene rings is 1. The summed E-state index contributed by atoms with van der Waals surface area (Å²) in [5, 5.41) is 4.81. The lowest BCUT2D eigenvalue weighted by molar-refractivity contribution is 0.0943. The third-order valence-corrected chi connectivity index (χ3v) is 7.62. The molecule has 140 valence electrons. The standard InChI is InChI=1S/C19H18N2O3S3/c22-19(21-14-15-6-5-11-25-15)18-17(9-4-10-20-18)26-12-13-27(23,24)16-7-2-1-3-8-16/h1-11H,12-14H2,(H,21,22). The Morgan fingerprint density at radius 3 is 2.63 bits per heavy atom. The van der Waals surface area contributed by atoms with Gasteiger partial charge in [-0.25, -0.2) is 13.4 Å². The molecule has 0 fully saturated rings. The maximum Gasteiger partial charge on any atom is 0.271 e. The SMILES string of the molecule is O=C(NCc1cccs1)c1ncccc1SCCS(=O)(=O)c1ccccc1. The van der Waals surface area contributed by atoms with Gasteiger partial charge in [0.05, 0.1) is 17.2 Å². The largest absolute Gasteiger partial charge is 0.346 e. The van der Waals surface area contributed by atoms with Gasteiger partial charge in [0.1, 0.15) is 5.69 Å². The maximum atomic E-state index is 12.4. The highest BCUT2D eigenvalue weighted by molar-refractivity contribution is 8.00. The molecule has 3 rings (SSSR count). The fourth-order valence-electron chi connectivity index (χ4n) is 2.35. The van der Waals surface area contributed by atoms with E-state index in [1.54, 1.807) is 60.0 Å². The molecule has 8 heteroatoms. The normalized spacial score (nSPS) is 11.3. The van der Waals surface area contributed by atoms with E-state index < -0.39 is 9.84 Å². The first-order valence-electron chi connectivity index (χ1n) is 8.22. The van der Waals surface area contributed by atoms with E-state index in [0.717, 1.165) is 4.88 Å². The minimum absolute atomic E-state index is 0.00711. The Kier molecular flexibility index (Phi) is 6.65. The third kappa shape index (κ3) is 5.41. The Morgan fingerprint density at radius 2 is 1.89 bits per heavy atom. The molecular formula is C19H18N2O3S3. The Morgan fingerprint density at radius 1 is 1.07 bits per heavy atom. The van der Waals surface area contributed by atoms with Gasteiger partial charge in [0.2, 0.25) is 0 Å². The van der Waals surface area contributed by atoms with Crippen molar-refractivity contribution in [1.82, 2.24) is 10.3 Å². The number of carbonyl (C=O) groups excluding carboxylic acids is 1. The van der Waals surface area contributed by atoms with E-state index in [9.17, 15) is 13.2 Å². The molecule has 27 heavy (non-hydrogen) atoms. The lowest BCUT2D eigenvalue weighted by Crippen LogP contribution is -2.24. The van der Waals surface area contributed by atoms with Gasteiger partial charge in [0.25, 0.3) is 5.91 Å². The van der Waals surface area contributed by atoms with Crippen molar-refractivity contribution in [2.75, 3.05) is 11.5 Å². The topological polar surface area (TPSA) is 76.1 Å². The highest BCUT2D eigenvalue weighted by Crippen LogP contribution is 2.22.